The van der Waals surface area contributed by atoms with Crippen LogP contribution >= 0.6 is 11.8 Å². The molecule has 0 amide bonds. The Balaban J connectivity index is 1.96. The second-order valence-electron chi connectivity index (χ2n) is 7.07. The van der Waals surface area contributed by atoms with Gasteiger partial charge in [-0.2, -0.15) is 13.2 Å². The van der Waals surface area contributed by atoms with Crippen LogP contribution in [-0.2, 0) is 6.18 Å². The second-order valence-corrected chi connectivity index (χ2v) is 8.13. The van der Waals surface area contributed by atoms with Crippen molar-refractivity contribution in [2.45, 2.75) is 49.2 Å². The number of anilines is 2. The predicted molar refractivity (Wildman–Crippen MR) is 122 cm³/mol. The van der Waals surface area contributed by atoms with E-state index in [9.17, 15) is 13.2 Å². The lowest BCUT2D eigenvalue weighted by Gasteiger charge is -2.24. The fourth-order valence-electron chi connectivity index (χ4n) is 3.12. The number of hydrogen-bond donors (Lipinski definition) is 0. The highest BCUT2D eigenvalue weighted by Gasteiger charge is 2.36. The molecule has 3 rings (SSSR count). The summed E-state index contributed by atoms with van der Waals surface area (Å²) in [5, 5.41) is -0.131. The SMILES string of the molecule is CCCCCOc1ccccc1N(CC)c1ncc(C(F)(F)F)c(Sc2ccccc2)n1. The number of hydrogen-bond acceptors (Lipinski definition) is 5. The number of aromatic nitrogens is 2. The van der Waals surface area contributed by atoms with Crippen LogP contribution in [0.2, 0.25) is 0 Å². The number of halogens is 3. The van der Waals surface area contributed by atoms with E-state index in [4.69, 9.17) is 4.74 Å². The molecular weight excluding hydrogens is 435 g/mol. The molecule has 32 heavy (non-hydrogen) atoms. The molecule has 0 N–H and O–H groups in total. The number of alkyl halides is 3. The Morgan fingerprint density at radius 1 is 0.969 bits per heavy atom. The van der Waals surface area contributed by atoms with Gasteiger partial charge in [0.1, 0.15) is 16.3 Å². The molecule has 0 saturated heterocycles. The summed E-state index contributed by atoms with van der Waals surface area (Å²) in [6, 6.07) is 16.3. The van der Waals surface area contributed by atoms with Gasteiger partial charge < -0.3 is 9.64 Å². The maximum Gasteiger partial charge on any atom is 0.420 e. The van der Waals surface area contributed by atoms with E-state index in [0.717, 1.165) is 42.9 Å². The molecule has 0 fully saturated rings. The van der Waals surface area contributed by atoms with Gasteiger partial charge in [-0.15, -0.1) is 0 Å². The van der Waals surface area contributed by atoms with Crippen molar-refractivity contribution in [3.05, 3.63) is 66.4 Å². The van der Waals surface area contributed by atoms with Crippen LogP contribution < -0.4 is 9.64 Å². The van der Waals surface area contributed by atoms with E-state index in [2.05, 4.69) is 16.9 Å². The van der Waals surface area contributed by atoms with Crippen molar-refractivity contribution in [3.63, 3.8) is 0 Å². The largest absolute Gasteiger partial charge is 0.491 e. The molecule has 2 aromatic carbocycles. The summed E-state index contributed by atoms with van der Waals surface area (Å²) in [6.45, 7) is 5.07. The van der Waals surface area contributed by atoms with Crippen molar-refractivity contribution >= 4 is 23.4 Å². The quantitative estimate of drug-likeness (QED) is 0.233. The van der Waals surface area contributed by atoms with Gasteiger partial charge in [0.25, 0.3) is 0 Å². The molecule has 0 atom stereocenters. The fourth-order valence-corrected chi connectivity index (χ4v) is 4.04. The summed E-state index contributed by atoms with van der Waals surface area (Å²) in [4.78, 5) is 10.8. The highest BCUT2D eigenvalue weighted by Crippen LogP contribution is 2.40. The molecule has 170 valence electrons. The van der Waals surface area contributed by atoms with Gasteiger partial charge in [-0.25, -0.2) is 9.97 Å². The molecule has 0 aliphatic carbocycles. The molecule has 0 aliphatic rings. The van der Waals surface area contributed by atoms with Crippen molar-refractivity contribution in [2.75, 3.05) is 18.1 Å². The number of para-hydroxylation sites is 2. The molecule has 1 aromatic heterocycles. The van der Waals surface area contributed by atoms with Gasteiger partial charge in [-0.05, 0) is 37.6 Å². The van der Waals surface area contributed by atoms with E-state index >= 15 is 0 Å². The zero-order chi connectivity index (χ0) is 23.0. The first kappa shape index (κ1) is 23.9. The minimum absolute atomic E-state index is 0.131. The Hall–Kier alpha value is -2.74. The monoisotopic (exact) mass is 461 g/mol. The Kier molecular flexibility index (Phi) is 8.39. The maximum absolute atomic E-state index is 13.6. The molecule has 4 nitrogen and oxygen atoms in total. The van der Waals surface area contributed by atoms with Crippen LogP contribution in [0.25, 0.3) is 0 Å². The molecule has 0 saturated carbocycles. The third-order valence-electron chi connectivity index (χ3n) is 4.72. The van der Waals surface area contributed by atoms with Gasteiger partial charge in [-0.3, -0.25) is 0 Å². The lowest BCUT2D eigenvalue weighted by molar-refractivity contribution is -0.140. The van der Waals surface area contributed by atoms with Gasteiger partial charge in [0.15, 0.2) is 0 Å². The van der Waals surface area contributed by atoms with Crippen LogP contribution in [0.1, 0.15) is 38.7 Å². The Bertz CT molecular complexity index is 999. The Morgan fingerprint density at radius 3 is 2.38 bits per heavy atom. The minimum Gasteiger partial charge on any atom is -0.491 e. The van der Waals surface area contributed by atoms with Gasteiger partial charge in [0, 0.05) is 17.6 Å². The maximum atomic E-state index is 13.6. The molecule has 0 spiro atoms. The van der Waals surface area contributed by atoms with Crippen molar-refractivity contribution in [1.29, 1.82) is 0 Å². The first-order chi connectivity index (χ1) is 15.4. The van der Waals surface area contributed by atoms with E-state index in [1.807, 2.05) is 37.3 Å². The van der Waals surface area contributed by atoms with E-state index in [0.29, 0.717) is 23.8 Å². The summed E-state index contributed by atoms with van der Waals surface area (Å²) in [5.74, 6) is 0.856. The van der Waals surface area contributed by atoms with Crippen molar-refractivity contribution in [2.24, 2.45) is 0 Å². The predicted octanol–water partition coefficient (Wildman–Crippen LogP) is 7.37. The highest BCUT2D eigenvalue weighted by atomic mass is 32.2. The molecule has 0 radical (unpaired) electrons. The van der Waals surface area contributed by atoms with Gasteiger partial charge in [-0.1, -0.05) is 61.9 Å². The van der Waals surface area contributed by atoms with Crippen LogP contribution in [0, 0.1) is 0 Å². The summed E-state index contributed by atoms with van der Waals surface area (Å²) in [7, 11) is 0. The molecule has 0 bridgehead atoms. The normalized spacial score (nSPS) is 11.4. The van der Waals surface area contributed by atoms with E-state index < -0.39 is 11.7 Å². The van der Waals surface area contributed by atoms with E-state index in [-0.39, 0.29) is 11.0 Å². The summed E-state index contributed by atoms with van der Waals surface area (Å²) in [6.07, 6.45) is -0.589. The highest BCUT2D eigenvalue weighted by molar-refractivity contribution is 7.99. The summed E-state index contributed by atoms with van der Waals surface area (Å²) in [5.41, 5.74) is -0.128. The smallest absolute Gasteiger partial charge is 0.420 e. The Labute approximate surface area is 190 Å². The lowest BCUT2D eigenvalue weighted by atomic mass is 10.2. The van der Waals surface area contributed by atoms with Crippen LogP contribution in [0.5, 0.6) is 5.75 Å². The van der Waals surface area contributed by atoms with Crippen LogP contribution in [0.4, 0.5) is 24.8 Å². The van der Waals surface area contributed by atoms with Crippen LogP contribution in [-0.4, -0.2) is 23.1 Å². The number of nitrogens with zero attached hydrogens (tertiary/aromatic N) is 3. The number of benzene rings is 2. The molecule has 0 aliphatic heterocycles. The summed E-state index contributed by atoms with van der Waals surface area (Å²) >= 11 is 0.973. The average molecular weight is 462 g/mol. The average Bonchev–Trinajstić information content (AvgIpc) is 2.78. The van der Waals surface area contributed by atoms with E-state index in [1.54, 1.807) is 29.2 Å². The summed E-state index contributed by atoms with van der Waals surface area (Å²) < 4.78 is 46.8. The number of rotatable bonds is 10. The molecule has 1 heterocycles. The zero-order valence-corrected chi connectivity index (χ0v) is 18.9. The fraction of sp³-hybridized carbons (Fsp3) is 0.333. The van der Waals surface area contributed by atoms with E-state index in [1.165, 1.54) is 0 Å². The first-order valence-corrected chi connectivity index (χ1v) is 11.4. The zero-order valence-electron chi connectivity index (χ0n) is 18.1. The second kappa shape index (κ2) is 11.2. The Morgan fingerprint density at radius 2 is 1.69 bits per heavy atom. The molecule has 8 heteroatoms. The minimum atomic E-state index is -4.55. The molecular formula is C24H26F3N3OS. The molecule has 3 aromatic rings. The molecule has 0 unspecified atom stereocenters. The standard InChI is InChI=1S/C24H26F3N3OS/c1-3-5-11-16-31-21-15-10-9-14-20(21)30(4-2)23-28-17-19(24(25,26)27)22(29-23)32-18-12-7-6-8-13-18/h6-10,12-15,17H,3-5,11,16H2,1-2H3. The van der Waals surface area contributed by atoms with Crippen molar-refractivity contribution in [3.8, 4) is 5.75 Å². The van der Waals surface area contributed by atoms with Crippen LogP contribution in [0.3, 0.4) is 0 Å². The van der Waals surface area contributed by atoms with Gasteiger partial charge in [0.05, 0.1) is 12.3 Å². The van der Waals surface area contributed by atoms with Gasteiger partial charge >= 0.3 is 6.18 Å². The third kappa shape index (κ3) is 6.16. The third-order valence-corrected chi connectivity index (χ3v) is 5.74. The topological polar surface area (TPSA) is 38.2 Å². The van der Waals surface area contributed by atoms with Crippen molar-refractivity contribution < 1.29 is 17.9 Å². The van der Waals surface area contributed by atoms with Crippen molar-refractivity contribution in [1.82, 2.24) is 9.97 Å². The van der Waals surface area contributed by atoms with Crippen LogP contribution in [0.15, 0.2) is 70.7 Å². The first-order valence-electron chi connectivity index (χ1n) is 10.6. The van der Waals surface area contributed by atoms with Gasteiger partial charge in [0.2, 0.25) is 5.95 Å². The lowest BCUT2D eigenvalue weighted by Crippen LogP contribution is -2.21. The number of ether oxygens (including phenoxy) is 1. The number of unbranched alkanes of at least 4 members (excludes halogenated alkanes) is 2.